The number of nitrogens with zero attached hydrogens (tertiary/aromatic N) is 1. The molecule has 0 spiro atoms. The molecule has 1 unspecified atom stereocenters. The lowest BCUT2D eigenvalue weighted by Crippen LogP contribution is -2.35. The molecule has 0 amide bonds. The van der Waals surface area contributed by atoms with Gasteiger partial charge in [0, 0.05) is 12.6 Å². The van der Waals surface area contributed by atoms with Gasteiger partial charge in [-0.15, -0.1) is 0 Å². The van der Waals surface area contributed by atoms with Gasteiger partial charge in [-0.25, -0.2) is 4.79 Å². The smallest absolute Gasteiger partial charge is 0.332 e. The molecule has 3 aromatic carbocycles. The Morgan fingerprint density at radius 1 is 0.970 bits per heavy atom. The van der Waals surface area contributed by atoms with Crippen molar-refractivity contribution >= 4 is 27.5 Å². The van der Waals surface area contributed by atoms with Crippen molar-refractivity contribution in [1.82, 2.24) is 4.90 Å². The quantitative estimate of drug-likeness (QED) is 0.578. The van der Waals surface area contributed by atoms with E-state index in [1.54, 1.807) is 21.3 Å². The Bertz CT molecular complexity index is 1190. The van der Waals surface area contributed by atoms with Gasteiger partial charge in [0.15, 0.2) is 11.5 Å². The van der Waals surface area contributed by atoms with E-state index in [9.17, 15) is 4.79 Å². The summed E-state index contributed by atoms with van der Waals surface area (Å²) in [4.78, 5) is 12.1. The van der Waals surface area contributed by atoms with Crippen LogP contribution >= 0.6 is 0 Å². The summed E-state index contributed by atoms with van der Waals surface area (Å²) in [6.07, 6.45) is 2.51. The third-order valence-corrected chi connectivity index (χ3v) is 6.71. The average molecular weight is 454 g/mol. The van der Waals surface area contributed by atoms with Crippen LogP contribution in [0.1, 0.15) is 30.9 Å². The summed E-state index contributed by atoms with van der Waals surface area (Å²) >= 11 is 0. The number of hydrogen-bond donors (Lipinski definition) is 2. The van der Waals surface area contributed by atoms with Crippen LogP contribution in [0.5, 0.6) is 17.2 Å². The van der Waals surface area contributed by atoms with Gasteiger partial charge in [-0.3, -0.25) is 4.90 Å². The first-order chi connectivity index (χ1) is 15.9. The predicted octanol–water partition coefficient (Wildman–Crippen LogP) is 3.99. The number of rotatable bonds is 4. The highest BCUT2D eigenvalue weighted by Gasteiger charge is 2.32. The molecule has 2 heterocycles. The predicted molar refractivity (Wildman–Crippen MR) is 128 cm³/mol. The summed E-state index contributed by atoms with van der Waals surface area (Å²) in [5.41, 5.74) is 2.94. The van der Waals surface area contributed by atoms with Gasteiger partial charge in [0.25, 0.3) is 0 Å². The molecule has 5 rings (SSSR count). The van der Waals surface area contributed by atoms with Gasteiger partial charge in [0.05, 0.1) is 21.3 Å². The van der Waals surface area contributed by atoms with Gasteiger partial charge in [-0.05, 0) is 89.7 Å². The molecule has 7 heteroatoms. The Hall–Kier alpha value is -3.03. The van der Waals surface area contributed by atoms with Crippen LogP contribution in [0.3, 0.4) is 0 Å². The first-order valence-corrected chi connectivity index (χ1v) is 11.2. The standard InChI is InChI=1S/C23H25NO3.C3H6O3/c1-25-15-6-7-16-17-9-14-5-4-8-24(14)13-21(17)20-12-23(27-3)22(26-2)11-19(20)18(16)10-15;1-2(4)3(5)6/h6-7,10-12,14H,4-5,8-9,13H2,1-3H3;2,4H,1H3,(H,5,6)/t14-;/m0./s1. The molecule has 2 aliphatic heterocycles. The molecule has 33 heavy (non-hydrogen) atoms. The van der Waals surface area contributed by atoms with Crippen molar-refractivity contribution < 1.29 is 29.2 Å². The van der Waals surface area contributed by atoms with Crippen molar-refractivity contribution in [3.63, 3.8) is 0 Å². The Morgan fingerprint density at radius 2 is 1.61 bits per heavy atom. The number of aliphatic hydroxyl groups is 1. The van der Waals surface area contributed by atoms with E-state index < -0.39 is 12.1 Å². The third-order valence-electron chi connectivity index (χ3n) is 6.71. The normalized spacial score (nSPS) is 18.2. The number of hydrogen-bond acceptors (Lipinski definition) is 6. The number of carbonyl (C=O) groups is 1. The van der Waals surface area contributed by atoms with Crippen LogP contribution < -0.4 is 14.2 Å². The molecule has 2 N–H and O–H groups in total. The number of fused-ring (bicyclic) bond motifs is 7. The lowest BCUT2D eigenvalue weighted by Gasteiger charge is -2.33. The fraction of sp³-hybridized carbons (Fsp3) is 0.423. The van der Waals surface area contributed by atoms with E-state index in [-0.39, 0.29) is 0 Å². The van der Waals surface area contributed by atoms with E-state index in [1.807, 2.05) is 0 Å². The maximum Gasteiger partial charge on any atom is 0.332 e. The molecule has 0 aromatic heterocycles. The lowest BCUT2D eigenvalue weighted by atomic mass is 9.85. The summed E-state index contributed by atoms with van der Waals surface area (Å²) in [7, 11) is 5.12. The number of ether oxygens (including phenoxy) is 3. The largest absolute Gasteiger partial charge is 0.497 e. The van der Waals surface area contributed by atoms with Crippen molar-refractivity contribution in [2.75, 3.05) is 27.9 Å². The first kappa shape index (κ1) is 23.1. The minimum atomic E-state index is -1.23. The topological polar surface area (TPSA) is 88.5 Å². The first-order valence-electron chi connectivity index (χ1n) is 11.2. The Labute approximate surface area is 193 Å². The summed E-state index contributed by atoms with van der Waals surface area (Å²) in [5.74, 6) is 1.26. The zero-order valence-corrected chi connectivity index (χ0v) is 19.6. The van der Waals surface area contributed by atoms with Crippen molar-refractivity contribution in [2.45, 2.75) is 44.9 Å². The van der Waals surface area contributed by atoms with E-state index in [2.05, 4.69) is 35.2 Å². The number of benzene rings is 3. The summed E-state index contributed by atoms with van der Waals surface area (Å²) in [5, 5.41) is 20.8. The Balaban J connectivity index is 0.000000385. The molecule has 176 valence electrons. The van der Waals surface area contributed by atoms with Gasteiger partial charge < -0.3 is 24.4 Å². The van der Waals surface area contributed by atoms with Crippen LogP contribution in [0.4, 0.5) is 0 Å². The second kappa shape index (κ2) is 9.45. The molecule has 0 saturated carbocycles. The van der Waals surface area contributed by atoms with Gasteiger partial charge in [-0.1, -0.05) is 6.07 Å². The Morgan fingerprint density at radius 3 is 2.21 bits per heavy atom. The highest BCUT2D eigenvalue weighted by molar-refractivity contribution is 6.12. The van der Waals surface area contributed by atoms with E-state index in [0.717, 1.165) is 30.2 Å². The summed E-state index contributed by atoms with van der Waals surface area (Å²) in [6.45, 7) is 3.43. The fourth-order valence-electron chi connectivity index (χ4n) is 5.00. The molecule has 0 bridgehead atoms. The van der Waals surface area contributed by atoms with Crippen molar-refractivity contribution in [1.29, 1.82) is 0 Å². The van der Waals surface area contributed by atoms with Crippen LogP contribution in [0, 0.1) is 0 Å². The van der Waals surface area contributed by atoms with E-state index in [1.165, 1.54) is 59.0 Å². The molecule has 2 atom stereocenters. The minimum absolute atomic E-state index is 0.681. The van der Waals surface area contributed by atoms with E-state index >= 15 is 0 Å². The van der Waals surface area contributed by atoms with Crippen LogP contribution in [0.2, 0.25) is 0 Å². The minimum Gasteiger partial charge on any atom is -0.497 e. The average Bonchev–Trinajstić information content (AvgIpc) is 3.29. The van der Waals surface area contributed by atoms with Crippen LogP contribution in [0.25, 0.3) is 21.5 Å². The molecular formula is C26H31NO6. The second-order valence-corrected chi connectivity index (χ2v) is 8.61. The third kappa shape index (κ3) is 4.30. The number of carboxylic acid groups (broad SMARTS) is 1. The van der Waals surface area contributed by atoms with Crippen LogP contribution in [-0.2, 0) is 17.8 Å². The molecule has 2 aliphatic rings. The Kier molecular flexibility index (Phi) is 6.63. The van der Waals surface area contributed by atoms with Crippen molar-refractivity contribution in [3.8, 4) is 17.2 Å². The SMILES string of the molecule is CC(O)C(=O)O.COc1ccc2c3c(c4cc(OC)c(OC)cc4c2c1)CN1CCC[C@H]1C3. The number of methoxy groups -OCH3 is 3. The number of aliphatic hydroxyl groups excluding tert-OH is 1. The molecule has 0 aliphatic carbocycles. The second-order valence-electron chi connectivity index (χ2n) is 8.61. The zero-order chi connectivity index (χ0) is 23.7. The van der Waals surface area contributed by atoms with E-state index in [0.29, 0.717) is 6.04 Å². The number of carboxylic acids is 1. The maximum absolute atomic E-state index is 9.45. The van der Waals surface area contributed by atoms with E-state index in [4.69, 9.17) is 24.4 Å². The summed E-state index contributed by atoms with van der Waals surface area (Å²) < 4.78 is 16.7. The zero-order valence-electron chi connectivity index (χ0n) is 19.6. The molecule has 3 aromatic rings. The highest BCUT2D eigenvalue weighted by Crippen LogP contribution is 2.44. The fourth-order valence-corrected chi connectivity index (χ4v) is 5.00. The molecule has 0 radical (unpaired) electrons. The monoisotopic (exact) mass is 453 g/mol. The van der Waals surface area contributed by atoms with Crippen LogP contribution in [-0.4, -0.2) is 61.1 Å². The summed E-state index contributed by atoms with van der Waals surface area (Å²) in [6, 6.07) is 11.4. The van der Waals surface area contributed by atoms with Crippen LogP contribution in [0.15, 0.2) is 30.3 Å². The molecule has 1 saturated heterocycles. The van der Waals surface area contributed by atoms with Crippen molar-refractivity contribution in [2.24, 2.45) is 0 Å². The number of aliphatic carboxylic acids is 1. The maximum atomic E-state index is 9.45. The van der Waals surface area contributed by atoms with Gasteiger partial charge in [0.1, 0.15) is 11.9 Å². The molecular weight excluding hydrogens is 422 g/mol. The molecule has 1 fully saturated rings. The van der Waals surface area contributed by atoms with Gasteiger partial charge >= 0.3 is 5.97 Å². The van der Waals surface area contributed by atoms with Gasteiger partial charge in [-0.2, -0.15) is 0 Å². The highest BCUT2D eigenvalue weighted by atomic mass is 16.5. The lowest BCUT2D eigenvalue weighted by molar-refractivity contribution is -0.145. The van der Waals surface area contributed by atoms with Crippen molar-refractivity contribution in [3.05, 3.63) is 41.5 Å². The van der Waals surface area contributed by atoms with Gasteiger partial charge in [0.2, 0.25) is 0 Å². The molecule has 7 nitrogen and oxygen atoms in total.